The second-order valence-electron chi connectivity index (χ2n) is 9.16. The molecule has 0 aliphatic carbocycles. The van der Waals surface area contributed by atoms with Gasteiger partial charge < -0.3 is 29.0 Å². The van der Waals surface area contributed by atoms with Crippen molar-refractivity contribution >= 4 is 41.5 Å². The fraction of sp³-hybridized carbons (Fsp3) is 0.417. The molecule has 2 aromatic rings. The average molecular weight is 519 g/mol. The van der Waals surface area contributed by atoms with Crippen molar-refractivity contribution in [3.8, 4) is 0 Å². The molecular weight excluding hydrogens is 487 g/mol. The van der Waals surface area contributed by atoms with Gasteiger partial charge in [-0.1, -0.05) is 25.1 Å². The van der Waals surface area contributed by atoms with Crippen molar-refractivity contribution < 1.29 is 37.9 Å². The number of anilines is 1. The predicted molar refractivity (Wildman–Crippen MR) is 136 cm³/mol. The highest BCUT2D eigenvalue weighted by atomic mass is 32.2. The number of nitrogens with zero attached hydrogens (tertiary/aromatic N) is 1. The van der Waals surface area contributed by atoms with Crippen LogP contribution in [-0.2, 0) is 39.9 Å². The van der Waals surface area contributed by atoms with E-state index in [2.05, 4.69) is 5.32 Å². The van der Waals surface area contributed by atoms with E-state index in [0.29, 0.717) is 29.6 Å². The molecule has 0 saturated carbocycles. The fourth-order valence-corrected chi connectivity index (χ4v) is 3.91. The zero-order valence-electron chi connectivity index (χ0n) is 21.1. The molecule has 0 aliphatic rings. The number of ether oxygens (including phenoxy) is 2. The van der Waals surface area contributed by atoms with Crippen LogP contribution >= 0.6 is 0 Å². The molecule has 2 amide bonds. The maximum atomic E-state index is 12.3. The van der Waals surface area contributed by atoms with Crippen LogP contribution in [0.1, 0.15) is 44.4 Å². The van der Waals surface area contributed by atoms with Crippen LogP contribution in [-0.4, -0.2) is 62.3 Å². The molecule has 0 radical (unpaired) electrons. The Morgan fingerprint density at radius 1 is 1.11 bits per heavy atom. The standard InChI is InChI=1S/C24H33BN2O8S/c1-6-16-13-19(25(30)31)8-7-17(16)11-12-34-22(28)26-20-9-10-21(36(32)33)18(14-20)15-27(5)23(29)35-24(2,3)4/h7-10,13-14,30-31H,6,11-12,15H2,1-5H3,(H,26,28)(H,32,33)/p-1. The quantitative estimate of drug-likeness (QED) is 0.338. The zero-order chi connectivity index (χ0) is 27.0. The predicted octanol–water partition coefficient (Wildman–Crippen LogP) is 2.32. The van der Waals surface area contributed by atoms with Crippen LogP contribution < -0.4 is 10.8 Å². The lowest BCUT2D eigenvalue weighted by Crippen LogP contribution is -2.34. The Morgan fingerprint density at radius 3 is 2.39 bits per heavy atom. The first kappa shape index (κ1) is 29.3. The number of hydrogen-bond acceptors (Lipinski definition) is 8. The molecule has 2 rings (SSSR count). The number of benzene rings is 2. The molecule has 0 saturated heterocycles. The van der Waals surface area contributed by atoms with Crippen LogP contribution in [0.4, 0.5) is 15.3 Å². The molecule has 10 nitrogen and oxygen atoms in total. The van der Waals surface area contributed by atoms with Crippen LogP contribution in [0, 0.1) is 0 Å². The number of rotatable bonds is 9. The Labute approximate surface area is 214 Å². The summed E-state index contributed by atoms with van der Waals surface area (Å²) in [7, 11) is -0.0659. The van der Waals surface area contributed by atoms with E-state index in [9.17, 15) is 28.4 Å². The number of nitrogens with one attached hydrogen (secondary N) is 1. The van der Waals surface area contributed by atoms with Gasteiger partial charge in [0.05, 0.1) is 6.61 Å². The van der Waals surface area contributed by atoms with Crippen molar-refractivity contribution in [1.82, 2.24) is 4.90 Å². The SMILES string of the molecule is CCc1cc(B(O)O)ccc1CCOC(=O)Nc1ccc(S(=O)[O-])c(CN(C)C(=O)OC(C)(C)C)c1. The van der Waals surface area contributed by atoms with Gasteiger partial charge in [0, 0.05) is 30.6 Å². The Kier molecular flexibility index (Phi) is 10.5. The second kappa shape index (κ2) is 12.9. The summed E-state index contributed by atoms with van der Waals surface area (Å²) >= 11 is -2.55. The van der Waals surface area contributed by atoms with Crippen LogP contribution in [0.2, 0.25) is 0 Å². The second-order valence-corrected chi connectivity index (χ2v) is 10.1. The fourth-order valence-electron chi connectivity index (χ4n) is 3.39. The molecule has 0 aliphatic heterocycles. The maximum Gasteiger partial charge on any atom is 0.488 e. The Balaban J connectivity index is 2.03. The van der Waals surface area contributed by atoms with Gasteiger partial charge in [-0.05, 0) is 78.6 Å². The summed E-state index contributed by atoms with van der Waals surface area (Å²) in [5.74, 6) is 0. The van der Waals surface area contributed by atoms with Crippen molar-refractivity contribution in [3.63, 3.8) is 0 Å². The minimum Gasteiger partial charge on any atom is -0.768 e. The monoisotopic (exact) mass is 519 g/mol. The highest BCUT2D eigenvalue weighted by Crippen LogP contribution is 2.21. The van der Waals surface area contributed by atoms with Crippen LogP contribution in [0.5, 0.6) is 0 Å². The molecule has 0 aromatic heterocycles. The van der Waals surface area contributed by atoms with Crippen molar-refractivity contribution in [2.45, 2.75) is 57.6 Å². The molecular formula is C24H32BN2O8S-. The lowest BCUT2D eigenvalue weighted by atomic mass is 9.78. The third-order valence-corrected chi connectivity index (χ3v) is 5.87. The summed E-state index contributed by atoms with van der Waals surface area (Å²) in [4.78, 5) is 25.8. The van der Waals surface area contributed by atoms with Gasteiger partial charge in [-0.15, -0.1) is 0 Å². The van der Waals surface area contributed by atoms with Gasteiger partial charge in [0.25, 0.3) is 0 Å². The zero-order valence-corrected chi connectivity index (χ0v) is 21.9. The molecule has 12 heteroatoms. The van der Waals surface area contributed by atoms with E-state index >= 15 is 0 Å². The molecule has 0 heterocycles. The number of carbonyl (C=O) groups excluding carboxylic acids is 2. The van der Waals surface area contributed by atoms with E-state index in [0.717, 1.165) is 11.1 Å². The van der Waals surface area contributed by atoms with Crippen LogP contribution in [0.3, 0.4) is 0 Å². The van der Waals surface area contributed by atoms with E-state index in [1.54, 1.807) is 39.0 Å². The van der Waals surface area contributed by atoms with Gasteiger partial charge in [0.2, 0.25) is 0 Å². The Bertz CT molecular complexity index is 1100. The molecule has 3 N–H and O–H groups in total. The molecule has 1 atom stereocenters. The minimum absolute atomic E-state index is 0.00661. The van der Waals surface area contributed by atoms with Crippen LogP contribution in [0.25, 0.3) is 0 Å². The summed E-state index contributed by atoms with van der Waals surface area (Å²) in [6.45, 7) is 7.15. The van der Waals surface area contributed by atoms with E-state index < -0.39 is 36.0 Å². The van der Waals surface area contributed by atoms with Crippen molar-refractivity contribution in [3.05, 3.63) is 53.1 Å². The topological polar surface area (TPSA) is 148 Å². The van der Waals surface area contributed by atoms with Crippen molar-refractivity contribution in [2.75, 3.05) is 19.0 Å². The van der Waals surface area contributed by atoms with Gasteiger partial charge in [-0.3, -0.25) is 9.53 Å². The highest BCUT2D eigenvalue weighted by molar-refractivity contribution is 7.79. The minimum atomic E-state index is -2.55. The Morgan fingerprint density at radius 2 is 1.81 bits per heavy atom. The van der Waals surface area contributed by atoms with Gasteiger partial charge in [0.1, 0.15) is 5.60 Å². The molecule has 0 fully saturated rings. The van der Waals surface area contributed by atoms with E-state index in [1.807, 2.05) is 6.92 Å². The first-order valence-corrected chi connectivity index (χ1v) is 12.5. The first-order valence-electron chi connectivity index (χ1n) is 11.4. The molecule has 0 spiro atoms. The number of aryl methyl sites for hydroxylation is 1. The summed E-state index contributed by atoms with van der Waals surface area (Å²) < 4.78 is 33.9. The van der Waals surface area contributed by atoms with Gasteiger partial charge in [-0.25, -0.2) is 9.59 Å². The summed E-state index contributed by atoms with van der Waals surface area (Å²) in [6, 6.07) is 9.30. The summed E-state index contributed by atoms with van der Waals surface area (Å²) in [6.07, 6.45) is -0.233. The molecule has 0 bridgehead atoms. The number of amides is 2. The molecule has 2 aromatic carbocycles. The van der Waals surface area contributed by atoms with Crippen molar-refractivity contribution in [1.29, 1.82) is 0 Å². The molecule has 36 heavy (non-hydrogen) atoms. The lowest BCUT2D eigenvalue weighted by Gasteiger charge is -2.25. The smallest absolute Gasteiger partial charge is 0.488 e. The first-order chi connectivity index (χ1) is 16.8. The van der Waals surface area contributed by atoms with E-state index in [-0.39, 0.29) is 18.0 Å². The summed E-state index contributed by atoms with van der Waals surface area (Å²) in [5, 5.41) is 21.2. The molecule has 196 valence electrons. The summed E-state index contributed by atoms with van der Waals surface area (Å²) in [5.41, 5.74) is 2.13. The third kappa shape index (κ3) is 8.94. The van der Waals surface area contributed by atoms with Crippen molar-refractivity contribution in [2.24, 2.45) is 0 Å². The lowest BCUT2D eigenvalue weighted by molar-refractivity contribution is 0.0283. The van der Waals surface area contributed by atoms with E-state index in [1.165, 1.54) is 30.1 Å². The van der Waals surface area contributed by atoms with Gasteiger partial charge in [0.15, 0.2) is 0 Å². The van der Waals surface area contributed by atoms with Crippen LogP contribution in [0.15, 0.2) is 41.3 Å². The van der Waals surface area contributed by atoms with Gasteiger partial charge >= 0.3 is 19.3 Å². The maximum absolute atomic E-state index is 12.3. The number of carbonyl (C=O) groups is 2. The third-order valence-electron chi connectivity index (χ3n) is 5.11. The molecule has 1 unspecified atom stereocenters. The number of hydrogen-bond donors (Lipinski definition) is 3. The largest absolute Gasteiger partial charge is 0.768 e. The van der Waals surface area contributed by atoms with Gasteiger partial charge in [-0.2, -0.15) is 0 Å². The highest BCUT2D eigenvalue weighted by Gasteiger charge is 2.21. The van der Waals surface area contributed by atoms with E-state index in [4.69, 9.17) is 9.47 Å². The average Bonchev–Trinajstić information content (AvgIpc) is 2.77. The normalized spacial score (nSPS) is 12.0. The Hall–Kier alpha value is -2.93.